The van der Waals surface area contributed by atoms with Crippen LogP contribution in [0.2, 0.25) is 0 Å². The number of hydrogen-bond acceptors (Lipinski definition) is 4. The first-order chi connectivity index (χ1) is 13.2. The number of hydrogen-bond donors (Lipinski definition) is 2. The predicted octanol–water partition coefficient (Wildman–Crippen LogP) is 5.87. The van der Waals surface area contributed by atoms with Crippen LogP contribution in [0.4, 0.5) is 9.59 Å². The molecule has 1 aromatic heterocycles. The smallest absolute Gasteiger partial charge is 0.407 e. The van der Waals surface area contributed by atoms with E-state index in [9.17, 15) is 14.7 Å². The SMILES string of the molecule is CCCCC(CC(CCC)N(Cc1cccs1)C(=O)O)NC(=O)OC(C)(C)C. The van der Waals surface area contributed by atoms with Gasteiger partial charge in [0.2, 0.25) is 0 Å². The fourth-order valence-electron chi connectivity index (χ4n) is 3.16. The van der Waals surface area contributed by atoms with E-state index in [0.29, 0.717) is 13.0 Å². The van der Waals surface area contributed by atoms with E-state index in [1.807, 2.05) is 38.3 Å². The zero-order valence-electron chi connectivity index (χ0n) is 17.9. The molecule has 1 rings (SSSR count). The van der Waals surface area contributed by atoms with Gasteiger partial charge in [0.25, 0.3) is 0 Å². The zero-order chi connectivity index (χ0) is 21.2. The van der Waals surface area contributed by atoms with Crippen molar-refractivity contribution in [1.82, 2.24) is 10.2 Å². The lowest BCUT2D eigenvalue weighted by Crippen LogP contribution is -2.46. The number of thiophene rings is 1. The minimum absolute atomic E-state index is 0.114. The van der Waals surface area contributed by atoms with Gasteiger partial charge in [0.15, 0.2) is 0 Å². The summed E-state index contributed by atoms with van der Waals surface area (Å²) in [6, 6.07) is 3.62. The van der Waals surface area contributed by atoms with Gasteiger partial charge in [-0.05, 0) is 51.5 Å². The first-order valence-electron chi connectivity index (χ1n) is 10.2. The molecule has 2 unspecified atom stereocenters. The number of carbonyl (C=O) groups is 2. The Labute approximate surface area is 173 Å². The number of rotatable bonds is 11. The molecule has 0 aliphatic rings. The third-order valence-electron chi connectivity index (χ3n) is 4.40. The van der Waals surface area contributed by atoms with Crippen LogP contribution in [0, 0.1) is 0 Å². The Morgan fingerprint density at radius 3 is 2.46 bits per heavy atom. The average Bonchev–Trinajstić information content (AvgIpc) is 3.08. The number of ether oxygens (including phenoxy) is 1. The van der Waals surface area contributed by atoms with Crippen LogP contribution in [0.25, 0.3) is 0 Å². The second-order valence-corrected chi connectivity index (χ2v) is 9.19. The molecule has 0 aliphatic heterocycles. The quantitative estimate of drug-likeness (QED) is 0.476. The van der Waals surface area contributed by atoms with E-state index in [4.69, 9.17) is 4.74 Å². The molecule has 0 saturated carbocycles. The van der Waals surface area contributed by atoms with Crippen LogP contribution in [0.3, 0.4) is 0 Å². The van der Waals surface area contributed by atoms with Crippen molar-refractivity contribution in [3.05, 3.63) is 22.4 Å². The topological polar surface area (TPSA) is 78.9 Å². The number of alkyl carbamates (subject to hydrolysis) is 1. The minimum atomic E-state index is -0.918. The van der Waals surface area contributed by atoms with E-state index in [-0.39, 0.29) is 12.1 Å². The minimum Gasteiger partial charge on any atom is -0.465 e. The molecule has 2 amide bonds. The number of amides is 2. The summed E-state index contributed by atoms with van der Waals surface area (Å²) < 4.78 is 5.40. The molecule has 160 valence electrons. The van der Waals surface area contributed by atoms with Crippen LogP contribution in [0.1, 0.15) is 78.0 Å². The van der Waals surface area contributed by atoms with E-state index >= 15 is 0 Å². The van der Waals surface area contributed by atoms with E-state index in [0.717, 1.165) is 37.0 Å². The van der Waals surface area contributed by atoms with Gasteiger partial charge in [-0.2, -0.15) is 0 Å². The highest BCUT2D eigenvalue weighted by molar-refractivity contribution is 7.09. The van der Waals surface area contributed by atoms with E-state index in [2.05, 4.69) is 19.2 Å². The molecule has 0 aromatic carbocycles. The van der Waals surface area contributed by atoms with Crippen LogP contribution < -0.4 is 5.32 Å². The molecule has 6 nitrogen and oxygen atoms in total. The number of unbranched alkanes of at least 4 members (excludes halogenated alkanes) is 1. The Morgan fingerprint density at radius 2 is 1.96 bits per heavy atom. The van der Waals surface area contributed by atoms with Gasteiger partial charge in [-0.15, -0.1) is 11.3 Å². The number of carbonyl (C=O) groups excluding carboxylic acids is 1. The summed E-state index contributed by atoms with van der Waals surface area (Å²) in [5, 5.41) is 14.7. The fourth-order valence-corrected chi connectivity index (χ4v) is 3.86. The molecule has 7 heteroatoms. The summed E-state index contributed by atoms with van der Waals surface area (Å²) in [5.74, 6) is 0. The maximum atomic E-state index is 12.3. The van der Waals surface area contributed by atoms with Crippen molar-refractivity contribution in [1.29, 1.82) is 0 Å². The Balaban J connectivity index is 2.89. The van der Waals surface area contributed by atoms with Crippen LogP contribution in [0.15, 0.2) is 17.5 Å². The fraction of sp³-hybridized carbons (Fsp3) is 0.714. The van der Waals surface area contributed by atoms with Gasteiger partial charge in [0.1, 0.15) is 5.60 Å². The van der Waals surface area contributed by atoms with Crippen molar-refractivity contribution >= 4 is 23.5 Å². The highest BCUT2D eigenvalue weighted by Crippen LogP contribution is 2.21. The van der Waals surface area contributed by atoms with Gasteiger partial charge >= 0.3 is 12.2 Å². The van der Waals surface area contributed by atoms with Crippen LogP contribution in [-0.2, 0) is 11.3 Å². The number of nitrogens with zero attached hydrogens (tertiary/aromatic N) is 1. The largest absolute Gasteiger partial charge is 0.465 e. The summed E-state index contributed by atoms with van der Waals surface area (Å²) in [5.41, 5.74) is -0.561. The Morgan fingerprint density at radius 1 is 1.25 bits per heavy atom. The molecule has 0 aliphatic carbocycles. The zero-order valence-corrected chi connectivity index (χ0v) is 18.7. The van der Waals surface area contributed by atoms with Crippen LogP contribution >= 0.6 is 11.3 Å². The summed E-state index contributed by atoms with van der Waals surface area (Å²) in [6.45, 7) is 10.0. The third-order valence-corrected chi connectivity index (χ3v) is 5.26. The lowest BCUT2D eigenvalue weighted by atomic mass is 9.97. The van der Waals surface area contributed by atoms with E-state index < -0.39 is 17.8 Å². The summed E-state index contributed by atoms with van der Waals surface area (Å²) in [4.78, 5) is 26.8. The van der Waals surface area contributed by atoms with Gasteiger partial charge in [-0.3, -0.25) is 0 Å². The lowest BCUT2D eigenvalue weighted by molar-refractivity contribution is 0.0485. The van der Waals surface area contributed by atoms with Crippen LogP contribution in [0.5, 0.6) is 0 Å². The molecule has 0 radical (unpaired) electrons. The number of carboxylic acid groups (broad SMARTS) is 1. The summed E-state index contributed by atoms with van der Waals surface area (Å²) >= 11 is 1.56. The van der Waals surface area contributed by atoms with Gasteiger partial charge in [-0.25, -0.2) is 9.59 Å². The Bertz CT molecular complexity index is 584. The van der Waals surface area contributed by atoms with Gasteiger partial charge < -0.3 is 20.1 Å². The molecule has 1 aromatic rings. The predicted molar refractivity (Wildman–Crippen MR) is 114 cm³/mol. The monoisotopic (exact) mass is 412 g/mol. The molecular weight excluding hydrogens is 376 g/mol. The molecule has 0 fully saturated rings. The van der Waals surface area contributed by atoms with Crippen molar-refractivity contribution in [3.63, 3.8) is 0 Å². The Kier molecular flexibility index (Phi) is 10.4. The molecule has 0 spiro atoms. The van der Waals surface area contributed by atoms with Crippen molar-refractivity contribution < 1.29 is 19.4 Å². The van der Waals surface area contributed by atoms with Gasteiger partial charge in [0, 0.05) is 17.0 Å². The van der Waals surface area contributed by atoms with Crippen LogP contribution in [-0.4, -0.2) is 39.9 Å². The van der Waals surface area contributed by atoms with E-state index in [1.54, 1.807) is 11.3 Å². The molecule has 1 heterocycles. The third kappa shape index (κ3) is 9.44. The number of nitrogens with one attached hydrogen (secondary N) is 1. The summed E-state index contributed by atoms with van der Waals surface area (Å²) in [6.07, 6.45) is 3.66. The molecule has 0 saturated heterocycles. The molecule has 28 heavy (non-hydrogen) atoms. The lowest BCUT2D eigenvalue weighted by Gasteiger charge is -2.32. The molecule has 2 atom stereocenters. The maximum absolute atomic E-state index is 12.3. The van der Waals surface area contributed by atoms with Gasteiger partial charge in [0.05, 0.1) is 6.54 Å². The molecule has 2 N–H and O–H groups in total. The average molecular weight is 413 g/mol. The first-order valence-corrected chi connectivity index (χ1v) is 11.1. The van der Waals surface area contributed by atoms with Crippen molar-refractivity contribution in [2.75, 3.05) is 0 Å². The molecular formula is C21H36N2O4S. The standard InChI is InChI=1S/C21H36N2O4S/c1-6-8-11-16(22-19(24)27-21(3,4)5)14-17(10-7-2)23(20(25)26)15-18-12-9-13-28-18/h9,12-13,16-17H,6-8,10-11,14-15H2,1-5H3,(H,22,24)(H,25,26). The maximum Gasteiger partial charge on any atom is 0.407 e. The van der Waals surface area contributed by atoms with Crippen molar-refractivity contribution in [3.8, 4) is 0 Å². The van der Waals surface area contributed by atoms with Gasteiger partial charge in [-0.1, -0.05) is 39.2 Å². The second-order valence-electron chi connectivity index (χ2n) is 8.15. The highest BCUT2D eigenvalue weighted by atomic mass is 32.1. The van der Waals surface area contributed by atoms with E-state index in [1.165, 1.54) is 4.90 Å². The normalized spacial score (nSPS) is 13.6. The summed E-state index contributed by atoms with van der Waals surface area (Å²) in [7, 11) is 0. The second kappa shape index (κ2) is 11.9. The molecule has 0 bridgehead atoms. The highest BCUT2D eigenvalue weighted by Gasteiger charge is 2.28. The van der Waals surface area contributed by atoms with Crippen molar-refractivity contribution in [2.45, 2.75) is 97.4 Å². The Hall–Kier alpha value is -1.76. The first kappa shape index (κ1) is 24.3. The van der Waals surface area contributed by atoms with Crippen molar-refractivity contribution in [2.24, 2.45) is 0 Å².